The Labute approximate surface area is 119 Å². The van der Waals surface area contributed by atoms with E-state index in [2.05, 4.69) is 15.9 Å². The smallest absolute Gasteiger partial charge is 0.338 e. The second-order valence-corrected chi connectivity index (χ2v) is 5.04. The Bertz CT molecular complexity index is 579. The molecule has 0 saturated heterocycles. The highest BCUT2D eigenvalue weighted by atomic mass is 79.9. The van der Waals surface area contributed by atoms with Crippen LogP contribution in [0.25, 0.3) is 11.1 Å². The summed E-state index contributed by atoms with van der Waals surface area (Å²) >= 11 is 9.36. The van der Waals surface area contributed by atoms with Crippen LogP contribution in [0.15, 0.2) is 46.9 Å². The lowest BCUT2D eigenvalue weighted by Gasteiger charge is -2.08. The van der Waals surface area contributed by atoms with Crippen molar-refractivity contribution in [1.82, 2.24) is 0 Å². The van der Waals surface area contributed by atoms with E-state index in [0.29, 0.717) is 10.6 Å². The van der Waals surface area contributed by atoms with Gasteiger partial charge >= 0.3 is 5.97 Å². The van der Waals surface area contributed by atoms with Crippen molar-refractivity contribution in [1.29, 1.82) is 0 Å². The molecule has 0 aliphatic carbocycles. The van der Waals surface area contributed by atoms with Gasteiger partial charge in [-0.1, -0.05) is 39.7 Å². The van der Waals surface area contributed by atoms with E-state index in [1.54, 1.807) is 18.2 Å². The van der Waals surface area contributed by atoms with Gasteiger partial charge in [-0.15, -0.1) is 0 Å². The molecular weight excluding hydrogens is 316 g/mol. The summed E-state index contributed by atoms with van der Waals surface area (Å²) in [6.07, 6.45) is 0. The van der Waals surface area contributed by atoms with E-state index in [1.807, 2.05) is 24.3 Å². The van der Waals surface area contributed by atoms with Crippen LogP contribution in [0.2, 0.25) is 5.02 Å². The third kappa shape index (κ3) is 2.74. The van der Waals surface area contributed by atoms with E-state index in [1.165, 1.54) is 7.11 Å². The van der Waals surface area contributed by atoms with Crippen LogP contribution < -0.4 is 0 Å². The van der Waals surface area contributed by atoms with Crippen LogP contribution in [0.3, 0.4) is 0 Å². The van der Waals surface area contributed by atoms with E-state index in [4.69, 9.17) is 16.3 Å². The molecule has 0 amide bonds. The Kier molecular flexibility index (Phi) is 4.04. The van der Waals surface area contributed by atoms with Gasteiger partial charge in [-0.3, -0.25) is 0 Å². The van der Waals surface area contributed by atoms with Crippen LogP contribution in [0.1, 0.15) is 10.4 Å². The molecule has 4 heteroatoms. The highest BCUT2D eigenvalue weighted by molar-refractivity contribution is 9.10. The summed E-state index contributed by atoms with van der Waals surface area (Å²) < 4.78 is 5.75. The predicted molar refractivity (Wildman–Crippen MR) is 75.9 cm³/mol. The molecule has 0 heterocycles. The van der Waals surface area contributed by atoms with Crippen molar-refractivity contribution in [2.75, 3.05) is 7.11 Å². The lowest BCUT2D eigenvalue weighted by Crippen LogP contribution is -2.03. The van der Waals surface area contributed by atoms with Crippen LogP contribution in [0.4, 0.5) is 0 Å². The van der Waals surface area contributed by atoms with Crippen LogP contribution in [0.5, 0.6) is 0 Å². The van der Waals surface area contributed by atoms with Crippen LogP contribution in [-0.2, 0) is 4.74 Å². The Morgan fingerprint density at radius 2 is 1.83 bits per heavy atom. The molecule has 0 aromatic heterocycles. The molecule has 18 heavy (non-hydrogen) atoms. The fourth-order valence-electron chi connectivity index (χ4n) is 1.67. The van der Waals surface area contributed by atoms with E-state index >= 15 is 0 Å². The summed E-state index contributed by atoms with van der Waals surface area (Å²) in [6.45, 7) is 0. The molecule has 2 nitrogen and oxygen atoms in total. The molecule has 0 saturated carbocycles. The zero-order valence-electron chi connectivity index (χ0n) is 9.61. The maximum atomic E-state index is 11.7. The zero-order valence-corrected chi connectivity index (χ0v) is 12.0. The molecule has 0 fully saturated rings. The van der Waals surface area contributed by atoms with E-state index in [-0.39, 0.29) is 5.97 Å². The first-order valence-corrected chi connectivity index (χ1v) is 6.42. The average molecular weight is 326 g/mol. The second kappa shape index (κ2) is 5.55. The molecule has 2 rings (SSSR count). The summed E-state index contributed by atoms with van der Waals surface area (Å²) in [5, 5.41) is 0.584. The van der Waals surface area contributed by atoms with Crippen molar-refractivity contribution in [2.24, 2.45) is 0 Å². The van der Waals surface area contributed by atoms with Gasteiger partial charge in [0.25, 0.3) is 0 Å². The zero-order chi connectivity index (χ0) is 13.1. The molecular formula is C14H10BrClO2. The molecule has 0 spiro atoms. The summed E-state index contributed by atoms with van der Waals surface area (Å²) in [7, 11) is 1.36. The quantitative estimate of drug-likeness (QED) is 0.757. The minimum atomic E-state index is -0.371. The summed E-state index contributed by atoms with van der Waals surface area (Å²) in [5.74, 6) is -0.371. The highest BCUT2D eigenvalue weighted by Crippen LogP contribution is 2.28. The lowest BCUT2D eigenvalue weighted by atomic mass is 10.00. The monoisotopic (exact) mass is 324 g/mol. The number of benzene rings is 2. The highest BCUT2D eigenvalue weighted by Gasteiger charge is 2.13. The number of hydrogen-bond acceptors (Lipinski definition) is 2. The van der Waals surface area contributed by atoms with Gasteiger partial charge in [-0.25, -0.2) is 4.79 Å². The van der Waals surface area contributed by atoms with Gasteiger partial charge in [0.1, 0.15) is 0 Å². The van der Waals surface area contributed by atoms with Crippen molar-refractivity contribution >= 4 is 33.5 Å². The first-order chi connectivity index (χ1) is 8.61. The van der Waals surface area contributed by atoms with E-state index in [9.17, 15) is 4.79 Å². The number of carbonyl (C=O) groups excluding carboxylic acids is 1. The number of esters is 1. The van der Waals surface area contributed by atoms with Gasteiger partial charge in [0.2, 0.25) is 0 Å². The molecule has 0 aliphatic heterocycles. The molecule has 0 bridgehead atoms. The summed E-state index contributed by atoms with van der Waals surface area (Å²) in [5.41, 5.74) is 2.19. The standard InChI is InChI=1S/C14H10BrClO2/c1-18-14(17)12-7-6-11(16)8-13(12)9-2-4-10(15)5-3-9/h2-8H,1H3. The van der Waals surface area contributed by atoms with Crippen LogP contribution in [0, 0.1) is 0 Å². The minimum absolute atomic E-state index is 0.371. The Balaban J connectivity index is 2.57. The largest absolute Gasteiger partial charge is 0.465 e. The molecule has 2 aromatic carbocycles. The van der Waals surface area contributed by atoms with Crippen molar-refractivity contribution in [2.45, 2.75) is 0 Å². The third-order valence-corrected chi connectivity index (χ3v) is 3.31. The maximum Gasteiger partial charge on any atom is 0.338 e. The Morgan fingerprint density at radius 1 is 1.17 bits per heavy atom. The number of halogens is 2. The number of hydrogen-bond donors (Lipinski definition) is 0. The molecule has 0 radical (unpaired) electrons. The van der Waals surface area contributed by atoms with E-state index < -0.39 is 0 Å². The molecule has 92 valence electrons. The Morgan fingerprint density at radius 3 is 2.44 bits per heavy atom. The normalized spacial score (nSPS) is 10.2. The fourth-order valence-corrected chi connectivity index (χ4v) is 2.11. The van der Waals surface area contributed by atoms with Gasteiger partial charge < -0.3 is 4.74 Å². The first-order valence-electron chi connectivity index (χ1n) is 5.25. The second-order valence-electron chi connectivity index (χ2n) is 3.69. The lowest BCUT2D eigenvalue weighted by molar-refractivity contribution is 0.0601. The number of carbonyl (C=O) groups is 1. The first kappa shape index (κ1) is 13.1. The molecule has 0 unspecified atom stereocenters. The van der Waals surface area contributed by atoms with E-state index in [0.717, 1.165) is 15.6 Å². The molecule has 0 atom stereocenters. The number of methoxy groups -OCH3 is 1. The maximum absolute atomic E-state index is 11.7. The van der Waals surface area contributed by atoms with Crippen molar-refractivity contribution in [3.05, 3.63) is 57.5 Å². The fraction of sp³-hybridized carbons (Fsp3) is 0.0714. The van der Waals surface area contributed by atoms with Gasteiger partial charge in [0.15, 0.2) is 0 Å². The SMILES string of the molecule is COC(=O)c1ccc(Cl)cc1-c1ccc(Br)cc1. The van der Waals surface area contributed by atoms with Crippen molar-refractivity contribution in [3.8, 4) is 11.1 Å². The molecule has 0 N–H and O–H groups in total. The van der Waals surface area contributed by atoms with Crippen LogP contribution in [-0.4, -0.2) is 13.1 Å². The number of rotatable bonds is 2. The van der Waals surface area contributed by atoms with Gasteiger partial charge in [-0.05, 0) is 41.5 Å². The van der Waals surface area contributed by atoms with Gasteiger partial charge in [-0.2, -0.15) is 0 Å². The topological polar surface area (TPSA) is 26.3 Å². The third-order valence-electron chi connectivity index (χ3n) is 2.54. The van der Waals surface area contributed by atoms with Gasteiger partial charge in [0, 0.05) is 9.50 Å². The molecule has 0 aliphatic rings. The van der Waals surface area contributed by atoms with Crippen LogP contribution >= 0.6 is 27.5 Å². The van der Waals surface area contributed by atoms with Gasteiger partial charge in [0.05, 0.1) is 12.7 Å². The Hall–Kier alpha value is -1.32. The number of ether oxygens (including phenoxy) is 1. The van der Waals surface area contributed by atoms with Crippen molar-refractivity contribution in [3.63, 3.8) is 0 Å². The predicted octanol–water partition coefficient (Wildman–Crippen LogP) is 4.56. The average Bonchev–Trinajstić information content (AvgIpc) is 2.38. The summed E-state index contributed by atoms with van der Waals surface area (Å²) in [4.78, 5) is 11.7. The van der Waals surface area contributed by atoms with Crippen molar-refractivity contribution < 1.29 is 9.53 Å². The molecule has 2 aromatic rings. The summed E-state index contributed by atoms with van der Waals surface area (Å²) in [6, 6.07) is 12.8. The minimum Gasteiger partial charge on any atom is -0.465 e.